The van der Waals surface area contributed by atoms with Crippen molar-refractivity contribution in [2.45, 2.75) is 17.9 Å². The number of benzene rings is 1. The Morgan fingerprint density at radius 1 is 1.17 bits per heavy atom. The molecule has 0 unspecified atom stereocenters. The molecule has 8 nitrogen and oxygen atoms in total. The molecule has 0 spiro atoms. The van der Waals surface area contributed by atoms with Crippen LogP contribution in [0, 0.1) is 0 Å². The third-order valence-corrected chi connectivity index (χ3v) is 4.47. The van der Waals surface area contributed by atoms with Gasteiger partial charge in [0, 0.05) is 12.3 Å². The number of carbonyl (C=O) groups is 1. The molecule has 2 rings (SSSR count). The number of aromatic nitrogens is 2. The van der Waals surface area contributed by atoms with Crippen molar-refractivity contribution in [3.63, 3.8) is 0 Å². The Hall–Kier alpha value is -3.15. The molecule has 0 saturated carbocycles. The molecule has 0 N–H and O–H groups in total. The molecular formula is C18H17F3N2O6S. The van der Waals surface area contributed by atoms with Gasteiger partial charge in [-0.15, -0.1) is 0 Å². The summed E-state index contributed by atoms with van der Waals surface area (Å²) in [6.45, 7) is -0.328. The van der Waals surface area contributed by atoms with Crippen LogP contribution in [0.15, 0.2) is 41.8 Å². The van der Waals surface area contributed by atoms with E-state index in [-0.39, 0.29) is 12.2 Å². The van der Waals surface area contributed by atoms with E-state index in [1.165, 1.54) is 14.2 Å². The van der Waals surface area contributed by atoms with Crippen molar-refractivity contribution in [3.05, 3.63) is 53.4 Å². The predicted molar refractivity (Wildman–Crippen MR) is 97.9 cm³/mol. The summed E-state index contributed by atoms with van der Waals surface area (Å²) in [5, 5.41) is -1.02. The van der Waals surface area contributed by atoms with Crippen molar-refractivity contribution in [1.82, 2.24) is 9.97 Å². The molecule has 12 heteroatoms. The van der Waals surface area contributed by atoms with Gasteiger partial charge in [-0.05, 0) is 11.1 Å². The standard InChI is InChI=1S/C18H17F3N2O6S/c1-27-10-13(16(24)28-2)12-7-5-4-6-11(12)9-29-15-8-14(18(19,20)21)22-17(23-15)30(3,25)26/h4-8,10H,9H2,1-3H3. The fourth-order valence-electron chi connectivity index (χ4n) is 2.30. The van der Waals surface area contributed by atoms with Gasteiger partial charge in [0.05, 0.1) is 20.5 Å². The van der Waals surface area contributed by atoms with Crippen LogP contribution in [0.4, 0.5) is 13.2 Å². The van der Waals surface area contributed by atoms with E-state index >= 15 is 0 Å². The summed E-state index contributed by atoms with van der Waals surface area (Å²) in [5.74, 6) is -1.30. The Bertz CT molecular complexity index is 1070. The molecule has 0 saturated heterocycles. The first kappa shape index (κ1) is 23.1. The predicted octanol–water partition coefficient (Wildman–Crippen LogP) is 2.64. The summed E-state index contributed by atoms with van der Waals surface area (Å²) in [5.41, 5.74) is -0.677. The van der Waals surface area contributed by atoms with E-state index in [0.717, 1.165) is 6.26 Å². The number of sulfone groups is 1. The van der Waals surface area contributed by atoms with Crippen LogP contribution >= 0.6 is 0 Å². The zero-order chi connectivity index (χ0) is 22.5. The van der Waals surface area contributed by atoms with Crippen LogP contribution in [-0.2, 0) is 36.9 Å². The van der Waals surface area contributed by atoms with Crippen molar-refractivity contribution >= 4 is 21.4 Å². The summed E-state index contributed by atoms with van der Waals surface area (Å²) in [6, 6.07) is 6.85. The van der Waals surface area contributed by atoms with E-state index in [1.807, 2.05) is 0 Å². The topological polar surface area (TPSA) is 105 Å². The minimum Gasteiger partial charge on any atom is -0.503 e. The van der Waals surface area contributed by atoms with Gasteiger partial charge in [0.15, 0.2) is 5.69 Å². The second-order valence-electron chi connectivity index (χ2n) is 5.85. The van der Waals surface area contributed by atoms with Crippen LogP contribution < -0.4 is 4.74 Å². The fraction of sp³-hybridized carbons (Fsp3) is 0.278. The van der Waals surface area contributed by atoms with Crippen LogP contribution in [0.2, 0.25) is 0 Å². The molecule has 0 aliphatic rings. The number of carbonyl (C=O) groups excluding carboxylic acids is 1. The van der Waals surface area contributed by atoms with Crippen LogP contribution in [-0.4, -0.2) is 44.8 Å². The van der Waals surface area contributed by atoms with Crippen molar-refractivity contribution in [2.24, 2.45) is 0 Å². The zero-order valence-corrected chi connectivity index (χ0v) is 16.9. The van der Waals surface area contributed by atoms with Crippen LogP contribution in [0.3, 0.4) is 0 Å². The monoisotopic (exact) mass is 446 g/mol. The molecule has 0 aliphatic heterocycles. The molecular weight excluding hydrogens is 429 g/mol. The molecule has 1 aromatic heterocycles. The Morgan fingerprint density at radius 3 is 2.40 bits per heavy atom. The minimum absolute atomic E-state index is 0.0506. The Morgan fingerprint density at radius 2 is 1.83 bits per heavy atom. The van der Waals surface area contributed by atoms with E-state index in [2.05, 4.69) is 9.97 Å². The molecule has 0 aliphatic carbocycles. The van der Waals surface area contributed by atoms with Gasteiger partial charge in [-0.2, -0.15) is 18.2 Å². The maximum absolute atomic E-state index is 13.1. The van der Waals surface area contributed by atoms with Crippen LogP contribution in [0.1, 0.15) is 16.8 Å². The molecule has 0 atom stereocenters. The van der Waals surface area contributed by atoms with Crippen molar-refractivity contribution < 1.29 is 40.6 Å². The third kappa shape index (κ3) is 5.69. The molecule has 0 radical (unpaired) electrons. The SMILES string of the molecule is COC=C(C(=O)OC)c1ccccc1COc1cc(C(F)(F)F)nc(S(C)(=O)=O)n1. The van der Waals surface area contributed by atoms with Gasteiger partial charge in [0.25, 0.3) is 5.16 Å². The van der Waals surface area contributed by atoms with Gasteiger partial charge in [0.1, 0.15) is 12.2 Å². The summed E-state index contributed by atoms with van der Waals surface area (Å²) in [7, 11) is -1.62. The second-order valence-corrected chi connectivity index (χ2v) is 7.76. The Balaban J connectivity index is 2.43. The number of hydrogen-bond acceptors (Lipinski definition) is 8. The fourth-order valence-corrected chi connectivity index (χ4v) is 2.82. The number of esters is 1. The van der Waals surface area contributed by atoms with Gasteiger partial charge >= 0.3 is 12.1 Å². The lowest BCUT2D eigenvalue weighted by Gasteiger charge is -2.13. The number of nitrogens with zero attached hydrogens (tertiary/aromatic N) is 2. The van der Waals surface area contributed by atoms with E-state index in [9.17, 15) is 26.4 Å². The van der Waals surface area contributed by atoms with Crippen molar-refractivity contribution in [1.29, 1.82) is 0 Å². The molecule has 0 fully saturated rings. The normalized spacial score (nSPS) is 12.4. The largest absolute Gasteiger partial charge is 0.503 e. The molecule has 2 aromatic rings. The minimum atomic E-state index is -4.91. The first-order chi connectivity index (χ1) is 14.0. The number of methoxy groups -OCH3 is 2. The van der Waals surface area contributed by atoms with Crippen molar-refractivity contribution in [3.8, 4) is 5.88 Å². The molecule has 1 aromatic carbocycles. The van der Waals surface area contributed by atoms with E-state index in [1.54, 1.807) is 24.3 Å². The number of ether oxygens (including phenoxy) is 3. The van der Waals surface area contributed by atoms with Crippen LogP contribution in [0.25, 0.3) is 5.57 Å². The maximum Gasteiger partial charge on any atom is 0.433 e. The van der Waals surface area contributed by atoms with Gasteiger partial charge in [-0.25, -0.2) is 18.2 Å². The molecule has 162 valence electrons. The number of hydrogen-bond donors (Lipinski definition) is 0. The quantitative estimate of drug-likeness (QED) is 0.277. The summed E-state index contributed by atoms with van der Waals surface area (Å²) in [4.78, 5) is 18.6. The Labute approximate surface area is 170 Å². The first-order valence-electron chi connectivity index (χ1n) is 8.16. The van der Waals surface area contributed by atoms with E-state index in [4.69, 9.17) is 14.2 Å². The van der Waals surface area contributed by atoms with E-state index in [0.29, 0.717) is 23.4 Å². The number of alkyl halides is 3. The van der Waals surface area contributed by atoms with Gasteiger partial charge in [-0.1, -0.05) is 24.3 Å². The average Bonchev–Trinajstić information content (AvgIpc) is 2.68. The highest BCUT2D eigenvalue weighted by molar-refractivity contribution is 7.90. The van der Waals surface area contributed by atoms with Gasteiger partial charge in [-0.3, -0.25) is 0 Å². The smallest absolute Gasteiger partial charge is 0.433 e. The maximum atomic E-state index is 13.1. The summed E-state index contributed by atoms with van der Waals surface area (Å²) < 4.78 is 77.4. The van der Waals surface area contributed by atoms with Gasteiger partial charge in [0.2, 0.25) is 15.7 Å². The van der Waals surface area contributed by atoms with Crippen LogP contribution in [0.5, 0.6) is 5.88 Å². The summed E-state index contributed by atoms with van der Waals surface area (Å²) in [6.07, 6.45) is -3.07. The highest BCUT2D eigenvalue weighted by Gasteiger charge is 2.35. The van der Waals surface area contributed by atoms with Gasteiger partial charge < -0.3 is 14.2 Å². The summed E-state index contributed by atoms with van der Waals surface area (Å²) >= 11 is 0. The molecule has 0 bridgehead atoms. The van der Waals surface area contributed by atoms with E-state index < -0.39 is 38.7 Å². The number of rotatable bonds is 7. The third-order valence-electron chi connectivity index (χ3n) is 3.63. The highest BCUT2D eigenvalue weighted by atomic mass is 32.2. The number of halogens is 3. The Kier molecular flexibility index (Phi) is 7.03. The second kappa shape index (κ2) is 9.11. The first-order valence-corrected chi connectivity index (χ1v) is 10.0. The molecule has 1 heterocycles. The average molecular weight is 446 g/mol. The lowest BCUT2D eigenvalue weighted by atomic mass is 10.0. The lowest BCUT2D eigenvalue weighted by molar-refractivity contribution is -0.141. The lowest BCUT2D eigenvalue weighted by Crippen LogP contribution is -2.15. The molecule has 30 heavy (non-hydrogen) atoms. The molecule has 0 amide bonds. The highest BCUT2D eigenvalue weighted by Crippen LogP contribution is 2.30. The van der Waals surface area contributed by atoms with Crippen molar-refractivity contribution in [2.75, 3.05) is 20.5 Å². The zero-order valence-electron chi connectivity index (χ0n) is 16.1.